The van der Waals surface area contributed by atoms with Crippen LogP contribution in [0.4, 0.5) is 10.8 Å². The van der Waals surface area contributed by atoms with Crippen molar-refractivity contribution in [2.75, 3.05) is 16.4 Å². The van der Waals surface area contributed by atoms with Crippen LogP contribution in [0, 0.1) is 0 Å². The molecule has 142 valence electrons. The van der Waals surface area contributed by atoms with Gasteiger partial charge in [0, 0.05) is 38.0 Å². The smallest absolute Gasteiger partial charge is 0.257 e. The van der Waals surface area contributed by atoms with Crippen molar-refractivity contribution in [3.05, 3.63) is 68.6 Å². The van der Waals surface area contributed by atoms with Crippen LogP contribution < -0.4 is 10.6 Å². The summed E-state index contributed by atoms with van der Waals surface area (Å²) in [6, 6.07) is 10.6. The Morgan fingerprint density at radius 2 is 2.07 bits per heavy atom. The average molecular weight is 450 g/mol. The van der Waals surface area contributed by atoms with Gasteiger partial charge in [0.2, 0.25) is 5.91 Å². The summed E-state index contributed by atoms with van der Waals surface area (Å²) in [4.78, 5) is 30.3. The summed E-state index contributed by atoms with van der Waals surface area (Å²) in [5.74, 6) is 0.0329. The van der Waals surface area contributed by atoms with Gasteiger partial charge in [0.15, 0.2) is 5.13 Å². The van der Waals surface area contributed by atoms with Gasteiger partial charge in [0.1, 0.15) is 0 Å². The van der Waals surface area contributed by atoms with Crippen LogP contribution >= 0.6 is 46.3 Å². The molecule has 0 aliphatic carbocycles. The number of benzene rings is 2. The minimum absolute atomic E-state index is 0.0701. The van der Waals surface area contributed by atoms with Crippen LogP contribution in [0.15, 0.2) is 47.5 Å². The first-order valence-electron chi connectivity index (χ1n) is 8.24. The summed E-state index contributed by atoms with van der Waals surface area (Å²) in [5.41, 5.74) is 2.01. The van der Waals surface area contributed by atoms with E-state index in [0.29, 0.717) is 38.6 Å². The van der Waals surface area contributed by atoms with E-state index >= 15 is 0 Å². The van der Waals surface area contributed by atoms with Crippen molar-refractivity contribution in [2.45, 2.75) is 11.3 Å². The Hall–Kier alpha value is -2.06. The van der Waals surface area contributed by atoms with Crippen LogP contribution in [-0.2, 0) is 11.2 Å². The van der Waals surface area contributed by atoms with E-state index in [1.165, 1.54) is 23.1 Å². The first kappa shape index (κ1) is 19.3. The van der Waals surface area contributed by atoms with Gasteiger partial charge >= 0.3 is 0 Å². The van der Waals surface area contributed by atoms with Crippen LogP contribution in [0.25, 0.3) is 0 Å². The number of hydrogen-bond donors (Lipinski definition) is 2. The van der Waals surface area contributed by atoms with Crippen LogP contribution in [-0.4, -0.2) is 22.6 Å². The fourth-order valence-electron chi connectivity index (χ4n) is 2.71. The summed E-state index contributed by atoms with van der Waals surface area (Å²) in [7, 11) is 0. The van der Waals surface area contributed by atoms with Gasteiger partial charge in [-0.1, -0.05) is 23.2 Å². The molecule has 0 spiro atoms. The minimum Gasteiger partial charge on any atom is -0.324 e. The zero-order valence-electron chi connectivity index (χ0n) is 14.3. The molecule has 0 atom stereocenters. The number of nitrogens with one attached hydrogen (secondary N) is 2. The predicted octanol–water partition coefficient (Wildman–Crippen LogP) is 5.34. The Morgan fingerprint density at radius 3 is 2.93 bits per heavy atom. The number of fused-ring (bicyclic) bond motifs is 1. The molecule has 2 aromatic carbocycles. The van der Waals surface area contributed by atoms with Crippen molar-refractivity contribution in [1.29, 1.82) is 0 Å². The summed E-state index contributed by atoms with van der Waals surface area (Å²) < 4.78 is 0. The van der Waals surface area contributed by atoms with Crippen LogP contribution in [0.3, 0.4) is 0 Å². The molecule has 2 heterocycles. The number of thioether (sulfide) groups is 1. The lowest BCUT2D eigenvalue weighted by Gasteiger charge is -2.16. The Labute approximate surface area is 179 Å². The number of hydrogen-bond acceptors (Lipinski definition) is 5. The second-order valence-electron chi connectivity index (χ2n) is 6.05. The maximum atomic E-state index is 12.5. The van der Waals surface area contributed by atoms with Crippen LogP contribution in [0.2, 0.25) is 10.0 Å². The summed E-state index contributed by atoms with van der Waals surface area (Å²) in [6.45, 7) is 0. The lowest BCUT2D eigenvalue weighted by atomic mass is 10.1. The standard InChI is InChI=1S/C19H13Cl2N3O2S2/c20-12-2-3-14(21)11(5-12)6-13-8-22-19(28-13)24-18(26)10-1-4-16-15(7-10)23-17(25)9-27-16/h1-5,7-8H,6,9H2,(H,23,25)(H,22,24,26). The van der Waals surface area contributed by atoms with Crippen molar-refractivity contribution in [3.8, 4) is 0 Å². The van der Waals surface area contributed by atoms with Gasteiger partial charge in [0.25, 0.3) is 5.91 Å². The molecule has 3 aromatic rings. The number of carbonyl (C=O) groups excluding carboxylic acids is 2. The molecular formula is C19H13Cl2N3O2S2. The number of carbonyl (C=O) groups is 2. The second-order valence-corrected chi connectivity index (χ2v) is 9.02. The van der Waals surface area contributed by atoms with E-state index in [9.17, 15) is 9.59 Å². The molecule has 0 fully saturated rings. The molecule has 0 radical (unpaired) electrons. The largest absolute Gasteiger partial charge is 0.324 e. The van der Waals surface area contributed by atoms with Gasteiger partial charge in [-0.2, -0.15) is 0 Å². The molecule has 1 aromatic heterocycles. The van der Waals surface area contributed by atoms with Gasteiger partial charge in [0.05, 0.1) is 11.4 Å². The van der Waals surface area contributed by atoms with Crippen LogP contribution in [0.1, 0.15) is 20.8 Å². The summed E-state index contributed by atoms with van der Waals surface area (Å²) >= 11 is 15.1. The first-order valence-corrected chi connectivity index (χ1v) is 10.8. The highest BCUT2D eigenvalue weighted by molar-refractivity contribution is 8.00. The molecule has 0 saturated heterocycles. The van der Waals surface area contributed by atoms with E-state index in [2.05, 4.69) is 15.6 Å². The lowest BCUT2D eigenvalue weighted by molar-refractivity contribution is -0.113. The number of nitrogens with zero attached hydrogens (tertiary/aromatic N) is 1. The van der Waals surface area contributed by atoms with Gasteiger partial charge in [-0.15, -0.1) is 23.1 Å². The molecule has 0 bridgehead atoms. The van der Waals surface area contributed by atoms with Gasteiger partial charge in [-0.25, -0.2) is 4.98 Å². The molecule has 2 amide bonds. The van der Waals surface area contributed by atoms with E-state index in [4.69, 9.17) is 23.2 Å². The number of amides is 2. The third-order valence-electron chi connectivity index (χ3n) is 4.02. The quantitative estimate of drug-likeness (QED) is 0.563. The highest BCUT2D eigenvalue weighted by Crippen LogP contribution is 2.32. The van der Waals surface area contributed by atoms with E-state index < -0.39 is 0 Å². The molecule has 28 heavy (non-hydrogen) atoms. The van der Waals surface area contributed by atoms with Crippen LogP contribution in [0.5, 0.6) is 0 Å². The van der Waals surface area contributed by atoms with Crippen molar-refractivity contribution in [1.82, 2.24) is 4.98 Å². The van der Waals surface area contributed by atoms with Gasteiger partial charge < -0.3 is 5.32 Å². The highest BCUT2D eigenvalue weighted by Gasteiger charge is 2.18. The Kier molecular flexibility index (Phi) is 5.59. The molecule has 1 aliphatic rings. The zero-order chi connectivity index (χ0) is 19.7. The topological polar surface area (TPSA) is 71.1 Å². The maximum Gasteiger partial charge on any atom is 0.257 e. The fraction of sp³-hybridized carbons (Fsp3) is 0.105. The normalized spacial score (nSPS) is 13.0. The third kappa shape index (κ3) is 4.33. The van der Waals surface area contributed by atoms with Crippen molar-refractivity contribution < 1.29 is 9.59 Å². The second kappa shape index (κ2) is 8.13. The first-order chi connectivity index (χ1) is 13.5. The molecule has 2 N–H and O–H groups in total. The van der Waals surface area contributed by atoms with Gasteiger partial charge in [-0.3, -0.25) is 14.9 Å². The molecule has 1 aliphatic heterocycles. The number of anilines is 2. The molecular weight excluding hydrogens is 437 g/mol. The SMILES string of the molecule is O=C1CSc2ccc(C(=O)Nc3ncc(Cc4cc(Cl)ccc4Cl)s3)cc2N1. The van der Waals surface area contributed by atoms with E-state index in [1.54, 1.807) is 30.5 Å². The number of aromatic nitrogens is 1. The van der Waals surface area contributed by atoms with Gasteiger partial charge in [-0.05, 0) is 42.0 Å². The number of rotatable bonds is 4. The van der Waals surface area contributed by atoms with Crippen molar-refractivity contribution >= 4 is 68.9 Å². The average Bonchev–Trinajstić information content (AvgIpc) is 3.11. The Morgan fingerprint density at radius 1 is 1.21 bits per heavy atom. The fourth-order valence-corrected chi connectivity index (χ4v) is 4.71. The molecule has 0 saturated carbocycles. The predicted molar refractivity (Wildman–Crippen MR) is 115 cm³/mol. The molecule has 4 rings (SSSR count). The third-order valence-corrected chi connectivity index (χ3v) is 6.61. The Bertz CT molecular complexity index is 1080. The van der Waals surface area contributed by atoms with E-state index in [0.717, 1.165) is 15.3 Å². The number of thiazole rings is 1. The monoisotopic (exact) mass is 449 g/mol. The lowest BCUT2D eigenvalue weighted by Crippen LogP contribution is -2.19. The number of halogens is 2. The van der Waals surface area contributed by atoms with E-state index in [-0.39, 0.29) is 11.8 Å². The minimum atomic E-state index is -0.283. The Balaban J connectivity index is 1.46. The maximum absolute atomic E-state index is 12.5. The highest BCUT2D eigenvalue weighted by atomic mass is 35.5. The van der Waals surface area contributed by atoms with E-state index in [1.807, 2.05) is 12.1 Å². The van der Waals surface area contributed by atoms with Crippen molar-refractivity contribution in [3.63, 3.8) is 0 Å². The summed E-state index contributed by atoms with van der Waals surface area (Å²) in [6.07, 6.45) is 2.29. The van der Waals surface area contributed by atoms with Crippen molar-refractivity contribution in [2.24, 2.45) is 0 Å². The molecule has 9 heteroatoms. The summed E-state index contributed by atoms with van der Waals surface area (Å²) in [5, 5.41) is 7.33. The zero-order valence-corrected chi connectivity index (χ0v) is 17.4. The molecule has 0 unspecified atom stereocenters. The molecule has 5 nitrogen and oxygen atoms in total.